The molecule has 0 saturated carbocycles. The predicted octanol–water partition coefficient (Wildman–Crippen LogP) is 2.51. The van der Waals surface area contributed by atoms with Crippen molar-refractivity contribution in [2.75, 3.05) is 27.2 Å². The van der Waals surface area contributed by atoms with E-state index in [-0.39, 0.29) is 18.2 Å². The van der Waals surface area contributed by atoms with Crippen molar-refractivity contribution in [1.82, 2.24) is 10.2 Å². The Morgan fingerprint density at radius 3 is 2.71 bits per heavy atom. The van der Waals surface area contributed by atoms with Crippen LogP contribution in [0.3, 0.4) is 0 Å². The molecule has 1 fully saturated rings. The molecule has 4 nitrogen and oxygen atoms in total. The predicted molar refractivity (Wildman–Crippen MR) is 79.6 cm³/mol. The van der Waals surface area contributed by atoms with Crippen LogP contribution in [-0.4, -0.2) is 44.8 Å². The van der Waals surface area contributed by atoms with E-state index in [1.807, 2.05) is 0 Å². The molecule has 0 aromatic heterocycles. The minimum Gasteiger partial charge on any atom is -0.493 e. The molecule has 1 aromatic carbocycles. The van der Waals surface area contributed by atoms with Gasteiger partial charge in [-0.05, 0) is 37.7 Å². The summed E-state index contributed by atoms with van der Waals surface area (Å²) in [5, 5.41) is 3.32. The zero-order valence-corrected chi connectivity index (χ0v) is 13.0. The van der Waals surface area contributed by atoms with Gasteiger partial charge in [-0.3, -0.25) is 4.90 Å². The smallest absolute Gasteiger partial charge is 0.387 e. The highest BCUT2D eigenvalue weighted by Crippen LogP contribution is 2.30. The number of alkyl halides is 2. The first-order valence-electron chi connectivity index (χ1n) is 6.63. The molecular weight excluding hydrogens is 302 g/mol. The molecule has 0 bridgehead atoms. The monoisotopic (exact) mass is 322 g/mol. The fraction of sp³-hybridized carbons (Fsp3) is 0.571. The van der Waals surface area contributed by atoms with Gasteiger partial charge in [-0.15, -0.1) is 12.4 Å². The van der Waals surface area contributed by atoms with Crippen LogP contribution in [0.15, 0.2) is 18.2 Å². The highest BCUT2D eigenvalue weighted by molar-refractivity contribution is 5.85. The van der Waals surface area contributed by atoms with Gasteiger partial charge < -0.3 is 14.8 Å². The normalized spacial score (nSPS) is 17.9. The molecule has 1 heterocycles. The van der Waals surface area contributed by atoms with Crippen LogP contribution in [0, 0.1) is 0 Å². The number of rotatable bonds is 6. The van der Waals surface area contributed by atoms with Gasteiger partial charge in [-0.25, -0.2) is 0 Å². The summed E-state index contributed by atoms with van der Waals surface area (Å²) in [6, 6.07) is 5.58. The molecule has 1 N–H and O–H groups in total. The largest absolute Gasteiger partial charge is 0.493 e. The van der Waals surface area contributed by atoms with Gasteiger partial charge in [0.25, 0.3) is 0 Å². The number of hydrogen-bond donors (Lipinski definition) is 1. The summed E-state index contributed by atoms with van der Waals surface area (Å²) < 4.78 is 34.0. The van der Waals surface area contributed by atoms with Gasteiger partial charge in [0.15, 0.2) is 11.5 Å². The van der Waals surface area contributed by atoms with Crippen molar-refractivity contribution in [2.45, 2.75) is 25.6 Å². The number of halogens is 3. The highest BCUT2D eigenvalue weighted by Gasteiger charge is 2.19. The van der Waals surface area contributed by atoms with Gasteiger partial charge in [0.1, 0.15) is 0 Å². The lowest BCUT2D eigenvalue weighted by Gasteiger charge is -2.23. The summed E-state index contributed by atoms with van der Waals surface area (Å²) in [5.74, 6) is 0.400. The van der Waals surface area contributed by atoms with Crippen molar-refractivity contribution in [2.24, 2.45) is 0 Å². The highest BCUT2D eigenvalue weighted by atomic mass is 35.5. The number of methoxy groups -OCH3 is 1. The molecule has 2 rings (SSSR count). The number of benzene rings is 1. The molecule has 1 atom stereocenters. The van der Waals surface area contributed by atoms with Crippen molar-refractivity contribution in [3.05, 3.63) is 23.8 Å². The number of nitrogens with zero attached hydrogens (tertiary/aromatic N) is 1. The zero-order chi connectivity index (χ0) is 14.5. The molecule has 1 saturated heterocycles. The molecule has 0 aliphatic carbocycles. The first-order valence-corrected chi connectivity index (χ1v) is 6.63. The summed E-state index contributed by atoms with van der Waals surface area (Å²) in [6.07, 6.45) is 1.13. The molecule has 1 unspecified atom stereocenters. The minimum absolute atomic E-state index is 0. The molecule has 0 radical (unpaired) electrons. The van der Waals surface area contributed by atoms with Crippen LogP contribution in [0.4, 0.5) is 8.78 Å². The molecule has 1 aliphatic heterocycles. The number of ether oxygens (including phenoxy) is 2. The molecular formula is C14H21ClF2N2O2. The minimum atomic E-state index is -2.85. The molecule has 1 aliphatic rings. The number of likely N-dealkylation sites (N-methyl/N-ethyl adjacent to an activating group) is 1. The Morgan fingerprint density at radius 2 is 2.14 bits per heavy atom. The zero-order valence-electron chi connectivity index (χ0n) is 12.1. The first-order chi connectivity index (χ1) is 9.60. The molecule has 0 amide bonds. The van der Waals surface area contributed by atoms with E-state index < -0.39 is 6.61 Å². The summed E-state index contributed by atoms with van der Waals surface area (Å²) >= 11 is 0. The van der Waals surface area contributed by atoms with Gasteiger partial charge >= 0.3 is 6.61 Å². The Labute approximate surface area is 129 Å². The average molecular weight is 323 g/mol. The Balaban J connectivity index is 0.00000220. The second-order valence-electron chi connectivity index (χ2n) is 4.93. The first kappa shape index (κ1) is 17.9. The van der Waals surface area contributed by atoms with E-state index in [9.17, 15) is 8.78 Å². The topological polar surface area (TPSA) is 33.7 Å². The Hall–Kier alpha value is -1.11. The van der Waals surface area contributed by atoms with E-state index in [2.05, 4.69) is 22.0 Å². The van der Waals surface area contributed by atoms with Gasteiger partial charge in [0, 0.05) is 19.1 Å². The molecule has 7 heteroatoms. The lowest BCUT2D eigenvalue weighted by atomic mass is 10.1. The van der Waals surface area contributed by atoms with E-state index in [0.29, 0.717) is 11.8 Å². The van der Waals surface area contributed by atoms with Gasteiger partial charge in [0.2, 0.25) is 0 Å². The third kappa shape index (κ3) is 4.98. The molecule has 1 aromatic rings. The third-order valence-corrected chi connectivity index (χ3v) is 3.53. The van der Waals surface area contributed by atoms with E-state index in [4.69, 9.17) is 4.74 Å². The van der Waals surface area contributed by atoms with Crippen LogP contribution in [-0.2, 0) is 6.54 Å². The van der Waals surface area contributed by atoms with Crippen LogP contribution >= 0.6 is 12.4 Å². The van der Waals surface area contributed by atoms with Crippen LogP contribution in [0.5, 0.6) is 11.5 Å². The van der Waals surface area contributed by atoms with Crippen molar-refractivity contribution in [3.8, 4) is 11.5 Å². The summed E-state index contributed by atoms with van der Waals surface area (Å²) in [7, 11) is 3.51. The lowest BCUT2D eigenvalue weighted by molar-refractivity contribution is -0.0512. The Morgan fingerprint density at radius 1 is 1.38 bits per heavy atom. The third-order valence-electron chi connectivity index (χ3n) is 3.53. The van der Waals surface area contributed by atoms with Gasteiger partial charge in [-0.1, -0.05) is 6.07 Å². The second-order valence-corrected chi connectivity index (χ2v) is 4.93. The number of hydrogen-bond acceptors (Lipinski definition) is 4. The van der Waals surface area contributed by atoms with Crippen molar-refractivity contribution in [3.63, 3.8) is 0 Å². The molecule has 120 valence electrons. The summed E-state index contributed by atoms with van der Waals surface area (Å²) in [6.45, 7) is -0.0702. The maximum absolute atomic E-state index is 12.3. The van der Waals surface area contributed by atoms with E-state index >= 15 is 0 Å². The summed E-state index contributed by atoms with van der Waals surface area (Å²) in [5.41, 5.74) is 1.01. The van der Waals surface area contributed by atoms with Crippen LogP contribution in [0.1, 0.15) is 12.0 Å². The van der Waals surface area contributed by atoms with E-state index in [1.165, 1.54) is 13.2 Å². The maximum Gasteiger partial charge on any atom is 0.387 e. The SMILES string of the molecule is COc1cc(CN(C)C2CCNC2)ccc1OC(F)F.Cl. The fourth-order valence-electron chi connectivity index (χ4n) is 2.44. The van der Waals surface area contributed by atoms with Crippen LogP contribution in [0.2, 0.25) is 0 Å². The van der Waals surface area contributed by atoms with Crippen LogP contribution < -0.4 is 14.8 Å². The summed E-state index contributed by atoms with van der Waals surface area (Å²) in [4.78, 5) is 2.25. The number of nitrogens with one attached hydrogen (secondary N) is 1. The Kier molecular flexibility index (Phi) is 7.14. The molecule has 0 spiro atoms. The van der Waals surface area contributed by atoms with Crippen molar-refractivity contribution < 1.29 is 18.3 Å². The molecule has 21 heavy (non-hydrogen) atoms. The van der Waals surface area contributed by atoms with Gasteiger partial charge in [0.05, 0.1) is 7.11 Å². The quantitative estimate of drug-likeness (QED) is 0.872. The maximum atomic E-state index is 12.3. The van der Waals surface area contributed by atoms with Crippen LogP contribution in [0.25, 0.3) is 0 Å². The van der Waals surface area contributed by atoms with Crippen molar-refractivity contribution >= 4 is 12.4 Å². The fourth-order valence-corrected chi connectivity index (χ4v) is 2.44. The lowest BCUT2D eigenvalue weighted by Crippen LogP contribution is -2.32. The standard InChI is InChI=1S/C14H20F2N2O2.ClH/c1-18(11-5-6-17-8-11)9-10-3-4-12(20-14(15)16)13(7-10)19-2;/h3-4,7,11,14,17H,5-6,8-9H2,1-2H3;1H. The van der Waals surface area contributed by atoms with E-state index in [0.717, 1.165) is 31.6 Å². The second kappa shape index (κ2) is 8.36. The van der Waals surface area contributed by atoms with Gasteiger partial charge in [-0.2, -0.15) is 8.78 Å². The van der Waals surface area contributed by atoms with E-state index in [1.54, 1.807) is 12.1 Å². The Bertz CT molecular complexity index is 443. The van der Waals surface area contributed by atoms with Crippen molar-refractivity contribution in [1.29, 1.82) is 0 Å². The average Bonchev–Trinajstić information content (AvgIpc) is 2.94.